The van der Waals surface area contributed by atoms with E-state index in [0.29, 0.717) is 32.1 Å². The number of fused-ring (bicyclic) bond motifs is 2. The van der Waals surface area contributed by atoms with Crippen LogP contribution in [0.25, 0.3) is 0 Å². The maximum Gasteiger partial charge on any atom is 0.325 e. The number of carbonyl (C=O) groups is 1. The monoisotopic (exact) mass is 569 g/mol. The van der Waals surface area contributed by atoms with Crippen molar-refractivity contribution < 1.29 is 28.5 Å². The molecular formula is C32H47N3O6. The van der Waals surface area contributed by atoms with Crippen LogP contribution >= 0.6 is 0 Å². The standard InChI is InChI=1S/C32H47N3O6/c1-8-26(39-5)18-25-21-34-30(15-23(2)29(25)22-38-4)32(35(31(34)36)13-14-37-3)9-11-33(12-10-32)20-24-16-27(40-6)19-28(17-24)41-7/h8,15-19,23,25,29H,1,9-14,20-22H2,2-7H3/b26-18+. The number of carbonyl (C=O) groups excluding carboxylic acids is 1. The molecule has 3 atom stereocenters. The van der Waals surface area contributed by atoms with Crippen LogP contribution in [0.3, 0.4) is 0 Å². The number of hydrogen-bond acceptors (Lipinski definition) is 7. The lowest BCUT2D eigenvalue weighted by Gasteiger charge is -2.44. The molecule has 3 aliphatic heterocycles. The largest absolute Gasteiger partial charge is 0.497 e. The van der Waals surface area contributed by atoms with Gasteiger partial charge in [0.15, 0.2) is 0 Å². The summed E-state index contributed by atoms with van der Waals surface area (Å²) in [4.78, 5) is 20.7. The number of amides is 2. The Morgan fingerprint density at radius 1 is 1.05 bits per heavy atom. The van der Waals surface area contributed by atoms with Crippen molar-refractivity contribution in [1.82, 2.24) is 14.7 Å². The minimum atomic E-state index is -0.370. The molecule has 9 nitrogen and oxygen atoms in total. The average molecular weight is 570 g/mol. The molecule has 1 spiro atoms. The first-order valence-electron chi connectivity index (χ1n) is 14.5. The number of hydrogen-bond donors (Lipinski definition) is 0. The lowest BCUT2D eigenvalue weighted by Crippen LogP contribution is -2.54. The van der Waals surface area contributed by atoms with E-state index >= 15 is 0 Å². The summed E-state index contributed by atoms with van der Waals surface area (Å²) in [6.07, 6.45) is 7.87. The first-order valence-corrected chi connectivity index (χ1v) is 14.5. The molecule has 0 bridgehead atoms. The molecule has 4 rings (SSSR count). The highest BCUT2D eigenvalue weighted by Crippen LogP contribution is 2.47. The fourth-order valence-electron chi connectivity index (χ4n) is 6.74. The third-order valence-corrected chi connectivity index (χ3v) is 8.98. The zero-order valence-corrected chi connectivity index (χ0v) is 25.6. The Morgan fingerprint density at radius 3 is 2.29 bits per heavy atom. The molecule has 0 N–H and O–H groups in total. The Morgan fingerprint density at radius 2 is 1.73 bits per heavy atom. The van der Waals surface area contributed by atoms with Crippen LogP contribution in [0.2, 0.25) is 0 Å². The van der Waals surface area contributed by atoms with Gasteiger partial charge in [-0.05, 0) is 54.5 Å². The minimum Gasteiger partial charge on any atom is -0.497 e. The Labute approximate surface area is 245 Å². The molecule has 0 aromatic heterocycles. The highest BCUT2D eigenvalue weighted by atomic mass is 16.5. The zero-order valence-electron chi connectivity index (χ0n) is 25.6. The second-order valence-electron chi connectivity index (χ2n) is 11.2. The Kier molecular flexibility index (Phi) is 10.4. The van der Waals surface area contributed by atoms with E-state index in [4.69, 9.17) is 23.7 Å². The van der Waals surface area contributed by atoms with E-state index < -0.39 is 0 Å². The normalized spacial score (nSPS) is 24.6. The van der Waals surface area contributed by atoms with E-state index in [1.165, 1.54) is 0 Å². The molecule has 0 aliphatic carbocycles. The summed E-state index contributed by atoms with van der Waals surface area (Å²) < 4.78 is 27.7. The quantitative estimate of drug-likeness (QED) is 0.270. The molecule has 41 heavy (non-hydrogen) atoms. The number of ether oxygens (including phenoxy) is 5. The molecule has 2 fully saturated rings. The van der Waals surface area contributed by atoms with Crippen LogP contribution in [0.15, 0.2) is 54.5 Å². The van der Waals surface area contributed by atoms with Crippen molar-refractivity contribution in [1.29, 1.82) is 0 Å². The summed E-state index contributed by atoms with van der Waals surface area (Å²) in [6.45, 7) is 10.9. The van der Waals surface area contributed by atoms with Gasteiger partial charge < -0.3 is 28.6 Å². The van der Waals surface area contributed by atoms with Crippen molar-refractivity contribution in [2.75, 3.05) is 74.9 Å². The number of piperidine rings is 1. The first-order chi connectivity index (χ1) is 19.8. The van der Waals surface area contributed by atoms with Gasteiger partial charge >= 0.3 is 6.03 Å². The molecule has 1 aromatic rings. The molecule has 3 unspecified atom stereocenters. The number of rotatable bonds is 12. The number of benzene rings is 1. The van der Waals surface area contributed by atoms with E-state index in [-0.39, 0.29) is 29.3 Å². The molecule has 1 aromatic carbocycles. The molecule has 0 radical (unpaired) electrons. The van der Waals surface area contributed by atoms with Gasteiger partial charge in [0.25, 0.3) is 0 Å². The SMILES string of the molecule is C=C/C(=C\C1CN2C(=O)N(CCOC)C3(CCN(Cc4cc(OC)cc(OC)c4)CC3)C2=CC(C)C1COC)OC. The van der Waals surface area contributed by atoms with Crippen LogP contribution in [0.5, 0.6) is 11.5 Å². The van der Waals surface area contributed by atoms with Crippen LogP contribution in [-0.2, 0) is 20.8 Å². The van der Waals surface area contributed by atoms with Crippen molar-refractivity contribution in [2.24, 2.45) is 17.8 Å². The fourth-order valence-corrected chi connectivity index (χ4v) is 6.74. The minimum absolute atomic E-state index is 0.0538. The predicted molar refractivity (Wildman–Crippen MR) is 159 cm³/mol. The van der Waals surface area contributed by atoms with Crippen molar-refractivity contribution in [3.63, 3.8) is 0 Å². The zero-order chi connectivity index (χ0) is 29.6. The molecule has 9 heteroatoms. The topological polar surface area (TPSA) is 72.9 Å². The Balaban J connectivity index is 1.64. The van der Waals surface area contributed by atoms with E-state index in [9.17, 15) is 4.79 Å². The summed E-state index contributed by atoms with van der Waals surface area (Å²) in [5, 5.41) is 0. The van der Waals surface area contributed by atoms with Gasteiger partial charge in [0.05, 0.1) is 40.1 Å². The molecule has 2 amide bonds. The number of likely N-dealkylation sites (tertiary alicyclic amines) is 1. The predicted octanol–water partition coefficient (Wildman–Crippen LogP) is 4.55. The number of urea groups is 1. The smallest absolute Gasteiger partial charge is 0.325 e. The Hall–Kier alpha value is -3.01. The van der Waals surface area contributed by atoms with Gasteiger partial charge in [0.1, 0.15) is 17.3 Å². The van der Waals surface area contributed by atoms with Crippen molar-refractivity contribution >= 4 is 6.03 Å². The average Bonchev–Trinajstić information content (AvgIpc) is 3.08. The molecule has 226 valence electrons. The number of allylic oxidation sites excluding steroid dienone is 2. The third kappa shape index (κ3) is 6.42. The van der Waals surface area contributed by atoms with Crippen LogP contribution in [0.4, 0.5) is 4.79 Å². The van der Waals surface area contributed by atoms with Gasteiger partial charge in [-0.15, -0.1) is 0 Å². The van der Waals surface area contributed by atoms with Gasteiger partial charge in [0.2, 0.25) is 0 Å². The van der Waals surface area contributed by atoms with E-state index in [1.54, 1.807) is 41.6 Å². The van der Waals surface area contributed by atoms with E-state index in [2.05, 4.69) is 47.6 Å². The maximum atomic E-state index is 14.1. The van der Waals surface area contributed by atoms with Crippen LogP contribution < -0.4 is 9.47 Å². The van der Waals surface area contributed by atoms with Crippen LogP contribution in [0, 0.1) is 17.8 Å². The van der Waals surface area contributed by atoms with Crippen LogP contribution in [-0.4, -0.2) is 101 Å². The van der Waals surface area contributed by atoms with Crippen molar-refractivity contribution in [3.05, 3.63) is 60.0 Å². The van der Waals surface area contributed by atoms with Crippen molar-refractivity contribution in [2.45, 2.75) is 31.8 Å². The van der Waals surface area contributed by atoms with Gasteiger partial charge in [-0.2, -0.15) is 0 Å². The Bertz CT molecular complexity index is 1100. The van der Waals surface area contributed by atoms with Gasteiger partial charge in [0, 0.05) is 64.6 Å². The first kappa shape index (κ1) is 30.9. The van der Waals surface area contributed by atoms with E-state index in [1.807, 2.05) is 11.0 Å². The highest BCUT2D eigenvalue weighted by molar-refractivity contribution is 5.82. The summed E-state index contributed by atoms with van der Waals surface area (Å²) in [5.74, 6) is 2.74. The molecule has 0 saturated carbocycles. The second-order valence-corrected chi connectivity index (χ2v) is 11.2. The highest BCUT2D eigenvalue weighted by Gasteiger charge is 2.56. The fraction of sp³-hybridized carbons (Fsp3) is 0.594. The van der Waals surface area contributed by atoms with E-state index in [0.717, 1.165) is 55.2 Å². The molecular weight excluding hydrogens is 522 g/mol. The second kappa shape index (κ2) is 13.8. The maximum absolute atomic E-state index is 14.1. The van der Waals surface area contributed by atoms with Gasteiger partial charge in [-0.25, -0.2) is 4.79 Å². The summed E-state index contributed by atoms with van der Waals surface area (Å²) >= 11 is 0. The van der Waals surface area contributed by atoms with Gasteiger partial charge in [-0.1, -0.05) is 19.6 Å². The van der Waals surface area contributed by atoms with Crippen molar-refractivity contribution in [3.8, 4) is 11.5 Å². The lowest BCUT2D eigenvalue weighted by molar-refractivity contribution is 0.0659. The summed E-state index contributed by atoms with van der Waals surface area (Å²) in [5.41, 5.74) is 1.90. The lowest BCUT2D eigenvalue weighted by atomic mass is 9.80. The summed E-state index contributed by atoms with van der Waals surface area (Å²) in [6, 6.07) is 6.08. The number of methoxy groups -OCH3 is 5. The van der Waals surface area contributed by atoms with Gasteiger partial charge in [-0.3, -0.25) is 9.80 Å². The van der Waals surface area contributed by atoms with Crippen LogP contribution in [0.1, 0.15) is 25.3 Å². The summed E-state index contributed by atoms with van der Waals surface area (Å²) in [7, 11) is 8.43. The number of nitrogens with zero attached hydrogens (tertiary/aromatic N) is 3. The molecule has 2 saturated heterocycles. The molecule has 3 aliphatic rings. The molecule has 3 heterocycles. The third-order valence-electron chi connectivity index (χ3n) is 8.98.